The van der Waals surface area contributed by atoms with E-state index in [1.807, 2.05) is 22.7 Å². The van der Waals surface area contributed by atoms with Crippen molar-refractivity contribution in [3.05, 3.63) is 194 Å². The standard InChI is InChI=1S/C52H32N2S2/c1-2-14-34(15-3-1)53-44-23-9-6-18-38(44)39-29-28-33(32-48(39)53)35-30-31-45(37-17-5-4-16-36(35)37)54(46-24-12-21-42-40-19-7-10-26-49(40)55-51(42)46)47-25-13-22-43-41-20-8-11-27-50(41)56-52(43)47/h1-32H. The largest absolute Gasteiger partial charge is 0.309 e. The summed E-state index contributed by atoms with van der Waals surface area (Å²) in [7, 11) is 0. The molecule has 2 nitrogen and oxygen atoms in total. The molecule has 0 saturated heterocycles. The monoisotopic (exact) mass is 748 g/mol. The van der Waals surface area contributed by atoms with Crippen LogP contribution in [0.1, 0.15) is 0 Å². The maximum Gasteiger partial charge on any atom is 0.0641 e. The zero-order chi connectivity index (χ0) is 36.7. The quantitative estimate of drug-likeness (QED) is 0.170. The summed E-state index contributed by atoms with van der Waals surface area (Å²) in [5.74, 6) is 0. The average molecular weight is 749 g/mol. The summed E-state index contributed by atoms with van der Waals surface area (Å²) in [5.41, 5.74) is 9.56. The highest BCUT2D eigenvalue weighted by Crippen LogP contribution is 2.51. The Balaban J connectivity index is 1.13. The number of hydrogen-bond acceptors (Lipinski definition) is 3. The summed E-state index contributed by atoms with van der Waals surface area (Å²) in [6.45, 7) is 0. The van der Waals surface area contributed by atoms with Crippen LogP contribution in [0.4, 0.5) is 17.1 Å². The first-order valence-corrected chi connectivity index (χ1v) is 20.6. The van der Waals surface area contributed by atoms with E-state index in [-0.39, 0.29) is 0 Å². The maximum atomic E-state index is 2.54. The third-order valence-corrected chi connectivity index (χ3v) is 13.8. The number of para-hydroxylation sites is 2. The molecule has 262 valence electrons. The fraction of sp³-hybridized carbons (Fsp3) is 0. The highest BCUT2D eigenvalue weighted by Gasteiger charge is 2.24. The van der Waals surface area contributed by atoms with Crippen LogP contribution in [-0.4, -0.2) is 4.57 Å². The van der Waals surface area contributed by atoms with Crippen LogP contribution in [0.5, 0.6) is 0 Å². The van der Waals surface area contributed by atoms with E-state index in [1.54, 1.807) is 0 Å². The third kappa shape index (κ3) is 4.67. The Morgan fingerprint density at radius 3 is 1.55 bits per heavy atom. The fourth-order valence-electron chi connectivity index (χ4n) is 8.93. The van der Waals surface area contributed by atoms with Gasteiger partial charge in [-0.3, -0.25) is 0 Å². The molecule has 0 spiro atoms. The Morgan fingerprint density at radius 1 is 0.339 bits per heavy atom. The van der Waals surface area contributed by atoms with Crippen LogP contribution in [0, 0.1) is 0 Å². The normalized spacial score (nSPS) is 11.9. The molecule has 0 aliphatic heterocycles. The minimum Gasteiger partial charge on any atom is -0.309 e. The van der Waals surface area contributed by atoms with E-state index in [0.29, 0.717) is 0 Å². The van der Waals surface area contributed by atoms with E-state index in [0.717, 1.165) is 5.69 Å². The van der Waals surface area contributed by atoms with Crippen molar-refractivity contribution in [1.82, 2.24) is 4.57 Å². The molecule has 12 rings (SSSR count). The highest BCUT2D eigenvalue weighted by molar-refractivity contribution is 7.27. The van der Waals surface area contributed by atoms with E-state index >= 15 is 0 Å². The minimum absolute atomic E-state index is 1.16. The zero-order valence-corrected chi connectivity index (χ0v) is 31.8. The lowest BCUT2D eigenvalue weighted by Crippen LogP contribution is -2.11. The van der Waals surface area contributed by atoms with Gasteiger partial charge in [0.25, 0.3) is 0 Å². The van der Waals surface area contributed by atoms with Gasteiger partial charge in [-0.25, -0.2) is 0 Å². The first-order valence-electron chi connectivity index (χ1n) is 19.0. The van der Waals surface area contributed by atoms with E-state index in [1.165, 1.54) is 101 Å². The predicted molar refractivity (Wildman–Crippen MR) is 244 cm³/mol. The second-order valence-electron chi connectivity index (χ2n) is 14.4. The maximum absolute atomic E-state index is 2.54. The Hall–Kier alpha value is -6.72. The zero-order valence-electron chi connectivity index (χ0n) is 30.2. The van der Waals surface area contributed by atoms with Crippen molar-refractivity contribution in [1.29, 1.82) is 0 Å². The van der Waals surface area contributed by atoms with Gasteiger partial charge in [-0.05, 0) is 71.1 Å². The molecule has 0 unspecified atom stereocenters. The molecule has 0 aliphatic rings. The first kappa shape index (κ1) is 31.6. The van der Waals surface area contributed by atoms with Gasteiger partial charge >= 0.3 is 0 Å². The molecule has 9 aromatic carbocycles. The molecule has 0 fully saturated rings. The second kappa shape index (κ2) is 12.4. The highest BCUT2D eigenvalue weighted by atomic mass is 32.1. The lowest BCUT2D eigenvalue weighted by atomic mass is 9.95. The first-order chi connectivity index (χ1) is 27.8. The fourth-order valence-corrected chi connectivity index (χ4v) is 11.3. The number of aromatic nitrogens is 1. The average Bonchev–Trinajstić information content (AvgIpc) is 3.94. The number of nitrogens with zero attached hydrogens (tertiary/aromatic N) is 2. The van der Waals surface area contributed by atoms with Crippen LogP contribution in [0.15, 0.2) is 194 Å². The number of hydrogen-bond donors (Lipinski definition) is 0. The lowest BCUT2D eigenvalue weighted by molar-refractivity contribution is 1.18. The molecular formula is C52H32N2S2. The minimum atomic E-state index is 1.16. The summed E-state index contributed by atoms with van der Waals surface area (Å²) >= 11 is 3.77. The van der Waals surface area contributed by atoms with Gasteiger partial charge in [-0.15, -0.1) is 22.7 Å². The van der Waals surface area contributed by atoms with Crippen LogP contribution < -0.4 is 4.90 Å². The number of fused-ring (bicyclic) bond motifs is 10. The van der Waals surface area contributed by atoms with E-state index in [9.17, 15) is 0 Å². The van der Waals surface area contributed by atoms with Gasteiger partial charge in [-0.2, -0.15) is 0 Å². The van der Waals surface area contributed by atoms with Crippen molar-refractivity contribution in [2.75, 3.05) is 4.90 Å². The Morgan fingerprint density at radius 2 is 0.875 bits per heavy atom. The molecule has 0 amide bonds. The van der Waals surface area contributed by atoms with E-state index in [2.05, 4.69) is 204 Å². The predicted octanol–water partition coefficient (Wildman–Crippen LogP) is 15.8. The van der Waals surface area contributed by atoms with Crippen LogP contribution >= 0.6 is 22.7 Å². The summed E-state index contributed by atoms with van der Waals surface area (Å²) in [6.07, 6.45) is 0. The Bertz CT molecular complexity index is 3380. The van der Waals surface area contributed by atoms with E-state index < -0.39 is 0 Å². The molecule has 0 aliphatic carbocycles. The van der Waals surface area contributed by atoms with Gasteiger partial charge in [0.2, 0.25) is 0 Å². The van der Waals surface area contributed by atoms with Gasteiger partial charge < -0.3 is 9.47 Å². The molecule has 0 bridgehead atoms. The van der Waals surface area contributed by atoms with Crippen LogP contribution in [-0.2, 0) is 0 Å². The van der Waals surface area contributed by atoms with Crippen molar-refractivity contribution < 1.29 is 0 Å². The van der Waals surface area contributed by atoms with Crippen molar-refractivity contribution >= 4 is 113 Å². The molecule has 0 atom stereocenters. The Kier molecular flexibility index (Phi) is 7.00. The molecule has 3 heterocycles. The number of benzene rings is 9. The number of thiophene rings is 2. The SMILES string of the molecule is c1ccc(-n2c3ccccc3c3ccc(-c4ccc(N(c5cccc6c5sc5ccccc56)c5cccc6c5sc5ccccc56)c5ccccc45)cc32)cc1. The Labute approximate surface area is 331 Å². The number of rotatable bonds is 5. The molecule has 0 radical (unpaired) electrons. The topological polar surface area (TPSA) is 8.17 Å². The summed E-state index contributed by atoms with van der Waals surface area (Å²) in [6, 6.07) is 71.4. The third-order valence-electron chi connectivity index (χ3n) is 11.4. The van der Waals surface area contributed by atoms with Crippen LogP contribution in [0.2, 0.25) is 0 Å². The molecular weight excluding hydrogens is 717 g/mol. The molecule has 4 heteroatoms. The van der Waals surface area contributed by atoms with Crippen molar-refractivity contribution in [2.45, 2.75) is 0 Å². The molecule has 0 N–H and O–H groups in total. The molecule has 0 saturated carbocycles. The van der Waals surface area contributed by atoms with E-state index in [4.69, 9.17) is 0 Å². The van der Waals surface area contributed by atoms with Crippen LogP contribution in [0.25, 0.3) is 89.7 Å². The van der Waals surface area contributed by atoms with Crippen LogP contribution in [0.3, 0.4) is 0 Å². The molecule has 12 aromatic rings. The van der Waals surface area contributed by atoms with Gasteiger partial charge in [-0.1, -0.05) is 140 Å². The molecule has 56 heavy (non-hydrogen) atoms. The lowest BCUT2D eigenvalue weighted by Gasteiger charge is -2.28. The van der Waals surface area contributed by atoms with Gasteiger partial charge in [0.1, 0.15) is 0 Å². The van der Waals surface area contributed by atoms with Crippen molar-refractivity contribution in [3.8, 4) is 16.8 Å². The molecule has 3 aromatic heterocycles. The summed E-state index contributed by atoms with van der Waals surface area (Å²) in [5, 5.41) is 10.1. The van der Waals surface area contributed by atoms with Gasteiger partial charge in [0.15, 0.2) is 0 Å². The second-order valence-corrected chi connectivity index (χ2v) is 16.5. The van der Waals surface area contributed by atoms with Gasteiger partial charge in [0, 0.05) is 52.8 Å². The number of anilines is 3. The summed E-state index contributed by atoms with van der Waals surface area (Å²) in [4.78, 5) is 2.54. The van der Waals surface area contributed by atoms with Gasteiger partial charge in [0.05, 0.1) is 37.5 Å². The smallest absolute Gasteiger partial charge is 0.0641 e. The summed E-state index contributed by atoms with van der Waals surface area (Å²) < 4.78 is 7.60. The van der Waals surface area contributed by atoms with Crippen molar-refractivity contribution in [2.24, 2.45) is 0 Å². The van der Waals surface area contributed by atoms with Crippen molar-refractivity contribution in [3.63, 3.8) is 0 Å².